The number of carbonyl (C=O) groups excluding carboxylic acids is 2. The third kappa shape index (κ3) is 2.40. The number of benzene rings is 1. The maximum Gasteiger partial charge on any atom is 0.229 e. The van der Waals surface area contributed by atoms with E-state index < -0.39 is 0 Å². The number of rotatable bonds is 4. The molecule has 1 aliphatic rings. The molecule has 108 valence electrons. The van der Waals surface area contributed by atoms with Gasteiger partial charge >= 0.3 is 0 Å². The molecule has 1 aliphatic heterocycles. The Balaban J connectivity index is 1.82. The lowest BCUT2D eigenvalue weighted by Crippen LogP contribution is -2.33. The SMILES string of the molecule is C=CCNC(=O)[C@@H]1CC(=O)N(c2n[nH]c3ccccc23)C1. The van der Waals surface area contributed by atoms with E-state index in [0.717, 1.165) is 10.9 Å². The van der Waals surface area contributed by atoms with Crippen LogP contribution >= 0.6 is 0 Å². The average Bonchev–Trinajstić information content (AvgIpc) is 3.08. The molecule has 1 saturated heterocycles. The number of aromatic nitrogens is 2. The highest BCUT2D eigenvalue weighted by Gasteiger charge is 2.36. The second-order valence-corrected chi connectivity index (χ2v) is 5.03. The zero-order valence-corrected chi connectivity index (χ0v) is 11.5. The Morgan fingerprint density at radius 2 is 2.33 bits per heavy atom. The fourth-order valence-electron chi connectivity index (χ4n) is 2.56. The first-order chi connectivity index (χ1) is 10.2. The molecule has 0 radical (unpaired) electrons. The van der Waals surface area contributed by atoms with Crippen LogP contribution in [0.25, 0.3) is 10.9 Å². The lowest BCUT2D eigenvalue weighted by atomic mass is 10.1. The number of anilines is 1. The lowest BCUT2D eigenvalue weighted by Gasteiger charge is -2.14. The van der Waals surface area contributed by atoms with Gasteiger partial charge in [-0.05, 0) is 12.1 Å². The fourth-order valence-corrected chi connectivity index (χ4v) is 2.56. The van der Waals surface area contributed by atoms with Crippen LogP contribution < -0.4 is 10.2 Å². The van der Waals surface area contributed by atoms with E-state index in [9.17, 15) is 9.59 Å². The smallest absolute Gasteiger partial charge is 0.229 e. The molecule has 1 aromatic carbocycles. The van der Waals surface area contributed by atoms with Crippen LogP contribution in [0.1, 0.15) is 6.42 Å². The molecule has 21 heavy (non-hydrogen) atoms. The van der Waals surface area contributed by atoms with Gasteiger partial charge in [-0.15, -0.1) is 6.58 Å². The predicted molar refractivity (Wildman–Crippen MR) is 79.8 cm³/mol. The van der Waals surface area contributed by atoms with Gasteiger partial charge in [0.2, 0.25) is 11.8 Å². The number of amides is 2. The molecule has 3 rings (SSSR count). The van der Waals surface area contributed by atoms with Crippen molar-refractivity contribution in [1.29, 1.82) is 0 Å². The van der Waals surface area contributed by atoms with Crippen molar-refractivity contribution in [3.63, 3.8) is 0 Å². The van der Waals surface area contributed by atoms with Crippen LogP contribution in [-0.4, -0.2) is 35.1 Å². The van der Waals surface area contributed by atoms with E-state index in [1.165, 1.54) is 0 Å². The van der Waals surface area contributed by atoms with Crippen LogP contribution in [0.5, 0.6) is 0 Å². The molecule has 0 spiro atoms. The molecule has 1 fully saturated rings. The molecule has 0 saturated carbocycles. The van der Waals surface area contributed by atoms with Crippen molar-refractivity contribution in [2.75, 3.05) is 18.0 Å². The number of nitrogens with one attached hydrogen (secondary N) is 2. The third-order valence-electron chi connectivity index (χ3n) is 3.62. The predicted octanol–water partition coefficient (Wildman–Crippen LogP) is 1.22. The highest BCUT2D eigenvalue weighted by Crippen LogP contribution is 2.29. The lowest BCUT2D eigenvalue weighted by molar-refractivity contribution is -0.126. The first-order valence-corrected chi connectivity index (χ1v) is 6.83. The topological polar surface area (TPSA) is 78.1 Å². The molecule has 1 aromatic heterocycles. The number of hydrogen-bond donors (Lipinski definition) is 2. The zero-order valence-electron chi connectivity index (χ0n) is 11.5. The second-order valence-electron chi connectivity index (χ2n) is 5.03. The minimum atomic E-state index is -0.340. The number of nitrogens with zero attached hydrogens (tertiary/aromatic N) is 2. The molecule has 0 bridgehead atoms. The molecule has 2 N–H and O–H groups in total. The first-order valence-electron chi connectivity index (χ1n) is 6.83. The normalized spacial score (nSPS) is 18.2. The second kappa shape index (κ2) is 5.40. The van der Waals surface area contributed by atoms with Crippen molar-refractivity contribution in [2.45, 2.75) is 6.42 Å². The standard InChI is InChI=1S/C15H16N4O2/c1-2-7-16-15(21)10-8-13(20)19(9-10)14-11-5-3-4-6-12(11)17-18-14/h2-6,10H,1,7-9H2,(H,16,21)(H,17,18)/t10-/m1/s1. The van der Waals surface area contributed by atoms with E-state index in [-0.39, 0.29) is 24.2 Å². The fraction of sp³-hybridized carbons (Fsp3) is 0.267. The summed E-state index contributed by atoms with van der Waals surface area (Å²) < 4.78 is 0. The summed E-state index contributed by atoms with van der Waals surface area (Å²) in [5.74, 6) is 0.0548. The number of hydrogen-bond acceptors (Lipinski definition) is 3. The largest absolute Gasteiger partial charge is 0.352 e. The van der Waals surface area contributed by atoms with Gasteiger partial charge in [-0.25, -0.2) is 0 Å². The van der Waals surface area contributed by atoms with E-state index >= 15 is 0 Å². The Morgan fingerprint density at radius 3 is 3.14 bits per heavy atom. The number of fused-ring (bicyclic) bond motifs is 1. The average molecular weight is 284 g/mol. The van der Waals surface area contributed by atoms with Crippen molar-refractivity contribution in [3.05, 3.63) is 36.9 Å². The molecule has 2 heterocycles. The van der Waals surface area contributed by atoms with Gasteiger partial charge < -0.3 is 5.32 Å². The minimum absolute atomic E-state index is 0.0778. The number of carbonyl (C=O) groups is 2. The highest BCUT2D eigenvalue weighted by atomic mass is 16.2. The number of para-hydroxylation sites is 1. The van der Waals surface area contributed by atoms with E-state index in [1.54, 1.807) is 11.0 Å². The maximum absolute atomic E-state index is 12.2. The van der Waals surface area contributed by atoms with Crippen molar-refractivity contribution in [1.82, 2.24) is 15.5 Å². The molecular weight excluding hydrogens is 268 g/mol. The van der Waals surface area contributed by atoms with Crippen LogP contribution in [0.4, 0.5) is 5.82 Å². The van der Waals surface area contributed by atoms with Gasteiger partial charge in [-0.1, -0.05) is 18.2 Å². The van der Waals surface area contributed by atoms with Crippen molar-refractivity contribution in [3.8, 4) is 0 Å². The van der Waals surface area contributed by atoms with Crippen LogP contribution in [0.2, 0.25) is 0 Å². The molecule has 1 atom stereocenters. The molecule has 0 unspecified atom stereocenters. The van der Waals surface area contributed by atoms with Crippen molar-refractivity contribution < 1.29 is 9.59 Å². The van der Waals surface area contributed by atoms with Gasteiger partial charge in [0.15, 0.2) is 5.82 Å². The Labute approximate surface area is 121 Å². The summed E-state index contributed by atoms with van der Waals surface area (Å²) in [4.78, 5) is 25.7. The minimum Gasteiger partial charge on any atom is -0.352 e. The maximum atomic E-state index is 12.2. The van der Waals surface area contributed by atoms with Crippen LogP contribution in [-0.2, 0) is 9.59 Å². The number of H-pyrrole nitrogens is 1. The Morgan fingerprint density at radius 1 is 1.52 bits per heavy atom. The van der Waals surface area contributed by atoms with Crippen LogP contribution in [0.15, 0.2) is 36.9 Å². The summed E-state index contributed by atoms with van der Waals surface area (Å²) in [6.45, 7) is 4.33. The summed E-state index contributed by atoms with van der Waals surface area (Å²) in [6.07, 6.45) is 1.83. The van der Waals surface area contributed by atoms with Crippen molar-refractivity contribution in [2.24, 2.45) is 5.92 Å². The van der Waals surface area contributed by atoms with Crippen LogP contribution in [0.3, 0.4) is 0 Å². The molecule has 6 heteroatoms. The molecule has 2 amide bonds. The monoisotopic (exact) mass is 284 g/mol. The summed E-state index contributed by atoms with van der Waals surface area (Å²) in [7, 11) is 0. The van der Waals surface area contributed by atoms with Crippen LogP contribution in [0, 0.1) is 5.92 Å². The van der Waals surface area contributed by atoms with Gasteiger partial charge in [-0.3, -0.25) is 19.6 Å². The Hall–Kier alpha value is -2.63. The molecular formula is C15H16N4O2. The number of aromatic amines is 1. The highest BCUT2D eigenvalue weighted by molar-refractivity contribution is 6.05. The van der Waals surface area contributed by atoms with Gasteiger partial charge in [0.25, 0.3) is 0 Å². The molecule has 0 aliphatic carbocycles. The Kier molecular flexibility index (Phi) is 3.43. The van der Waals surface area contributed by atoms with Gasteiger partial charge in [0, 0.05) is 24.9 Å². The first kappa shape index (κ1) is 13.4. The quantitative estimate of drug-likeness (QED) is 0.829. The third-order valence-corrected chi connectivity index (χ3v) is 3.62. The summed E-state index contributed by atoms with van der Waals surface area (Å²) in [5, 5.41) is 10.7. The van der Waals surface area contributed by atoms with Gasteiger partial charge in [0.1, 0.15) is 0 Å². The summed E-state index contributed by atoms with van der Waals surface area (Å²) in [6, 6.07) is 7.62. The van der Waals surface area contributed by atoms with Crippen molar-refractivity contribution >= 4 is 28.5 Å². The van der Waals surface area contributed by atoms with Gasteiger partial charge in [0.05, 0.1) is 11.4 Å². The zero-order chi connectivity index (χ0) is 14.8. The summed E-state index contributed by atoms with van der Waals surface area (Å²) in [5.41, 5.74) is 0.875. The van der Waals surface area contributed by atoms with E-state index in [4.69, 9.17) is 0 Å². The van der Waals surface area contributed by atoms with E-state index in [0.29, 0.717) is 18.9 Å². The molecule has 2 aromatic rings. The van der Waals surface area contributed by atoms with E-state index in [2.05, 4.69) is 22.1 Å². The summed E-state index contributed by atoms with van der Waals surface area (Å²) >= 11 is 0. The Bertz CT molecular complexity index is 707. The molecule has 6 nitrogen and oxygen atoms in total. The van der Waals surface area contributed by atoms with Gasteiger partial charge in [-0.2, -0.15) is 5.10 Å². The van der Waals surface area contributed by atoms with E-state index in [1.807, 2.05) is 24.3 Å².